The number of furan rings is 1. The molecule has 2 aromatic heterocycles. The first-order chi connectivity index (χ1) is 12.7. The van der Waals surface area contributed by atoms with Crippen LogP contribution >= 0.6 is 24.0 Å². The van der Waals surface area contributed by atoms with Gasteiger partial charge in [0.1, 0.15) is 11.5 Å². The number of nitrogens with one attached hydrogen (secondary N) is 3. The fourth-order valence-electron chi connectivity index (χ4n) is 2.44. The Labute approximate surface area is 176 Å². The van der Waals surface area contributed by atoms with Crippen molar-refractivity contribution in [1.82, 2.24) is 21.1 Å². The van der Waals surface area contributed by atoms with Gasteiger partial charge in [-0.25, -0.2) is 4.99 Å². The first kappa shape index (κ1) is 23.0. The Morgan fingerprint density at radius 3 is 2.63 bits per heavy atom. The number of aromatic nitrogens is 1. The third-order valence-corrected chi connectivity index (χ3v) is 3.80. The third kappa shape index (κ3) is 7.24. The summed E-state index contributed by atoms with van der Waals surface area (Å²) in [6.45, 7) is 7.68. The molecule has 0 aliphatic heterocycles. The lowest BCUT2D eigenvalue weighted by Crippen LogP contribution is -2.43. The van der Waals surface area contributed by atoms with E-state index in [0.29, 0.717) is 31.4 Å². The van der Waals surface area contributed by atoms with E-state index in [-0.39, 0.29) is 36.4 Å². The van der Waals surface area contributed by atoms with Crippen molar-refractivity contribution in [1.29, 1.82) is 0 Å². The number of aryl methyl sites for hydroxylation is 2. The number of nitrogens with zero attached hydrogens (tertiary/aromatic N) is 2. The van der Waals surface area contributed by atoms with Gasteiger partial charge in [0.05, 0.1) is 31.6 Å². The summed E-state index contributed by atoms with van der Waals surface area (Å²) in [6.07, 6.45) is 3.15. The van der Waals surface area contributed by atoms with Crippen molar-refractivity contribution in [2.24, 2.45) is 4.99 Å². The molecule has 0 saturated carbocycles. The molecule has 0 spiro atoms. The Balaban J connectivity index is 0.00000364. The summed E-state index contributed by atoms with van der Waals surface area (Å²) in [5, 5.41) is 13.0. The average molecular weight is 489 g/mol. The second-order valence-corrected chi connectivity index (χ2v) is 5.64. The Morgan fingerprint density at radius 1 is 1.19 bits per heavy atom. The van der Waals surface area contributed by atoms with Crippen molar-refractivity contribution in [2.75, 3.05) is 13.1 Å². The topological polar surface area (TPSA) is 105 Å². The lowest BCUT2D eigenvalue weighted by molar-refractivity contribution is -0.120. The fourth-order valence-corrected chi connectivity index (χ4v) is 2.44. The Hall–Kier alpha value is -2.04. The van der Waals surface area contributed by atoms with E-state index < -0.39 is 0 Å². The fraction of sp³-hybridized carbons (Fsp3) is 0.500. The van der Waals surface area contributed by atoms with Crippen molar-refractivity contribution in [3.05, 3.63) is 41.2 Å². The number of carbonyl (C=O) groups excluding carboxylic acids is 1. The molecular weight excluding hydrogens is 461 g/mol. The molecule has 2 heterocycles. The second-order valence-electron chi connectivity index (χ2n) is 5.64. The minimum Gasteiger partial charge on any atom is -0.467 e. The van der Waals surface area contributed by atoms with E-state index in [9.17, 15) is 4.79 Å². The van der Waals surface area contributed by atoms with Gasteiger partial charge in [0.15, 0.2) is 5.96 Å². The number of aliphatic imine (C=N–C) groups is 1. The molecule has 27 heavy (non-hydrogen) atoms. The normalized spacial score (nSPS) is 11.0. The van der Waals surface area contributed by atoms with Gasteiger partial charge in [-0.1, -0.05) is 19.0 Å². The zero-order valence-corrected chi connectivity index (χ0v) is 18.3. The van der Waals surface area contributed by atoms with Crippen LogP contribution in [-0.2, 0) is 30.7 Å². The van der Waals surface area contributed by atoms with Gasteiger partial charge < -0.3 is 24.9 Å². The highest BCUT2D eigenvalue weighted by Crippen LogP contribution is 2.16. The molecule has 150 valence electrons. The number of guanidine groups is 1. The quantitative estimate of drug-likeness (QED) is 0.284. The van der Waals surface area contributed by atoms with E-state index in [4.69, 9.17) is 8.94 Å². The average Bonchev–Trinajstić information content (AvgIpc) is 3.31. The SMILES string of the molecule is CCNC(=NCc1c(CC)noc1CC)NCC(=O)NCc1ccco1.I. The molecule has 8 nitrogen and oxygen atoms in total. The van der Waals surface area contributed by atoms with Gasteiger partial charge in [0, 0.05) is 18.5 Å². The monoisotopic (exact) mass is 489 g/mol. The number of carbonyl (C=O) groups is 1. The standard InChI is InChI=1S/C18H27N5O3.HI/c1-4-15-14(16(5-2)26-23-15)11-21-18(19-6-3)22-12-17(24)20-10-13-8-7-9-25-13;/h7-9H,4-6,10-12H2,1-3H3,(H,20,24)(H2,19,21,22);1H. The van der Waals surface area contributed by atoms with Crippen LogP contribution in [0.15, 0.2) is 32.3 Å². The number of hydrogen-bond acceptors (Lipinski definition) is 5. The van der Waals surface area contributed by atoms with Crippen molar-refractivity contribution >= 4 is 35.8 Å². The highest BCUT2D eigenvalue weighted by atomic mass is 127. The summed E-state index contributed by atoms with van der Waals surface area (Å²) in [5.41, 5.74) is 1.95. The summed E-state index contributed by atoms with van der Waals surface area (Å²) in [4.78, 5) is 16.5. The smallest absolute Gasteiger partial charge is 0.239 e. The van der Waals surface area contributed by atoms with Crippen molar-refractivity contribution in [3.63, 3.8) is 0 Å². The maximum Gasteiger partial charge on any atom is 0.239 e. The highest BCUT2D eigenvalue weighted by Gasteiger charge is 2.13. The van der Waals surface area contributed by atoms with Crippen molar-refractivity contribution in [3.8, 4) is 0 Å². The zero-order chi connectivity index (χ0) is 18.8. The van der Waals surface area contributed by atoms with E-state index in [1.54, 1.807) is 12.3 Å². The number of hydrogen-bond donors (Lipinski definition) is 3. The Bertz CT molecular complexity index is 691. The predicted octanol–water partition coefficient (Wildman–Crippen LogP) is 2.38. The first-order valence-electron chi connectivity index (χ1n) is 8.95. The van der Waals surface area contributed by atoms with Crippen molar-refractivity contribution < 1.29 is 13.7 Å². The molecule has 0 atom stereocenters. The predicted molar refractivity (Wildman–Crippen MR) is 114 cm³/mol. The number of amides is 1. The molecule has 0 aliphatic rings. The van der Waals surface area contributed by atoms with Gasteiger partial charge in [0.25, 0.3) is 0 Å². The summed E-state index contributed by atoms with van der Waals surface area (Å²) in [6, 6.07) is 3.60. The van der Waals surface area contributed by atoms with Gasteiger partial charge in [0.2, 0.25) is 5.91 Å². The van der Waals surface area contributed by atoms with E-state index in [0.717, 1.165) is 29.9 Å². The van der Waals surface area contributed by atoms with Gasteiger partial charge in [-0.2, -0.15) is 0 Å². The van der Waals surface area contributed by atoms with Gasteiger partial charge in [-0.05, 0) is 25.5 Å². The molecule has 2 aromatic rings. The Kier molecular flexibility index (Phi) is 10.5. The van der Waals surface area contributed by atoms with Crippen LogP contribution in [0, 0.1) is 0 Å². The maximum atomic E-state index is 12.0. The maximum absolute atomic E-state index is 12.0. The largest absolute Gasteiger partial charge is 0.467 e. The van der Waals surface area contributed by atoms with Crippen LogP contribution in [-0.4, -0.2) is 30.1 Å². The molecule has 2 rings (SSSR count). The molecule has 0 saturated heterocycles. The number of halogens is 1. The van der Waals surface area contributed by atoms with Gasteiger partial charge in [-0.3, -0.25) is 4.79 Å². The van der Waals surface area contributed by atoms with Crippen LogP contribution in [0.25, 0.3) is 0 Å². The molecule has 3 N–H and O–H groups in total. The van der Waals surface area contributed by atoms with Crippen LogP contribution < -0.4 is 16.0 Å². The first-order valence-corrected chi connectivity index (χ1v) is 8.95. The van der Waals surface area contributed by atoms with Crippen LogP contribution in [0.1, 0.15) is 43.5 Å². The van der Waals surface area contributed by atoms with E-state index in [1.165, 1.54) is 0 Å². The minimum atomic E-state index is -0.138. The third-order valence-electron chi connectivity index (χ3n) is 3.80. The highest BCUT2D eigenvalue weighted by molar-refractivity contribution is 14.0. The molecule has 0 unspecified atom stereocenters. The van der Waals surface area contributed by atoms with E-state index in [1.807, 2.05) is 26.8 Å². The molecule has 0 fully saturated rings. The molecule has 9 heteroatoms. The van der Waals surface area contributed by atoms with Crippen molar-refractivity contribution in [2.45, 2.75) is 46.7 Å². The number of rotatable bonds is 9. The van der Waals surface area contributed by atoms with Crippen LogP contribution in [0.4, 0.5) is 0 Å². The molecule has 0 aliphatic carbocycles. The Morgan fingerprint density at radius 2 is 2.00 bits per heavy atom. The second kappa shape index (κ2) is 12.4. The van der Waals surface area contributed by atoms with E-state index >= 15 is 0 Å². The molecule has 0 radical (unpaired) electrons. The molecular formula is C18H28IN5O3. The van der Waals surface area contributed by atoms with Crippen LogP contribution in [0.2, 0.25) is 0 Å². The minimum absolute atomic E-state index is 0. The van der Waals surface area contributed by atoms with Gasteiger partial charge in [-0.15, -0.1) is 24.0 Å². The summed E-state index contributed by atoms with van der Waals surface area (Å²) in [7, 11) is 0. The zero-order valence-electron chi connectivity index (χ0n) is 16.0. The summed E-state index contributed by atoms with van der Waals surface area (Å²) in [5.74, 6) is 2.01. The summed E-state index contributed by atoms with van der Waals surface area (Å²) >= 11 is 0. The lowest BCUT2D eigenvalue weighted by Gasteiger charge is -2.11. The molecule has 0 bridgehead atoms. The molecule has 0 aromatic carbocycles. The van der Waals surface area contributed by atoms with Crippen LogP contribution in [0.5, 0.6) is 0 Å². The lowest BCUT2D eigenvalue weighted by atomic mass is 10.1. The van der Waals surface area contributed by atoms with Crippen LogP contribution in [0.3, 0.4) is 0 Å². The molecule has 1 amide bonds. The van der Waals surface area contributed by atoms with Gasteiger partial charge >= 0.3 is 0 Å². The summed E-state index contributed by atoms with van der Waals surface area (Å²) < 4.78 is 10.5. The van der Waals surface area contributed by atoms with E-state index in [2.05, 4.69) is 26.1 Å².